The molecule has 0 amide bonds. The van der Waals surface area contributed by atoms with Crippen molar-refractivity contribution < 1.29 is 13.9 Å². The van der Waals surface area contributed by atoms with Crippen molar-refractivity contribution in [3.05, 3.63) is 72.0 Å². The molecular weight excluding hydrogens is 320 g/mol. The lowest BCUT2D eigenvalue weighted by Gasteiger charge is -2.07. The third-order valence-corrected chi connectivity index (χ3v) is 3.88. The third-order valence-electron chi connectivity index (χ3n) is 3.88. The van der Waals surface area contributed by atoms with E-state index < -0.39 is 11.6 Å². The second-order valence-electron chi connectivity index (χ2n) is 6.06. The highest BCUT2D eigenvalue weighted by molar-refractivity contribution is 5.64. The summed E-state index contributed by atoms with van der Waals surface area (Å²) in [6.07, 6.45) is 9.32. The molecule has 0 aliphatic heterocycles. The average Bonchev–Trinajstić information content (AvgIpc) is 2.59. The van der Waals surface area contributed by atoms with Gasteiger partial charge in [-0.05, 0) is 50.3 Å². The van der Waals surface area contributed by atoms with Gasteiger partial charge in [-0.3, -0.25) is 4.98 Å². The molecule has 0 spiro atoms. The van der Waals surface area contributed by atoms with E-state index in [1.54, 1.807) is 49.5 Å². The molecule has 2 nitrogen and oxygen atoms in total. The minimum atomic E-state index is -0.893. The van der Waals surface area contributed by atoms with Crippen LogP contribution < -0.4 is 0 Å². The van der Waals surface area contributed by atoms with E-state index in [0.29, 0.717) is 25.0 Å². The predicted octanol–water partition coefficient (Wildman–Crippen LogP) is 5.32. The molecule has 0 saturated heterocycles. The van der Waals surface area contributed by atoms with Gasteiger partial charge < -0.3 is 5.11 Å². The van der Waals surface area contributed by atoms with Gasteiger partial charge in [0.15, 0.2) is 11.6 Å². The molecule has 1 atom stereocenters. The maximum Gasteiger partial charge on any atom is 0.168 e. The van der Waals surface area contributed by atoms with Crippen molar-refractivity contribution in [2.75, 3.05) is 0 Å². The van der Waals surface area contributed by atoms with Crippen LogP contribution in [0.4, 0.5) is 8.78 Å². The Hall–Kier alpha value is -2.33. The topological polar surface area (TPSA) is 33.1 Å². The number of halogens is 2. The summed E-state index contributed by atoms with van der Waals surface area (Å²) >= 11 is 0. The molecule has 0 bridgehead atoms. The second kappa shape index (κ2) is 9.23. The molecule has 4 heteroatoms. The van der Waals surface area contributed by atoms with Crippen LogP contribution in [0.25, 0.3) is 17.3 Å². The lowest BCUT2D eigenvalue weighted by Crippen LogP contribution is -1.97. The summed E-state index contributed by atoms with van der Waals surface area (Å²) in [6, 6.07) is 6.61. The summed E-state index contributed by atoms with van der Waals surface area (Å²) < 4.78 is 28.7. The van der Waals surface area contributed by atoms with Crippen LogP contribution in [0.3, 0.4) is 0 Å². The zero-order chi connectivity index (χ0) is 18.2. The fourth-order valence-electron chi connectivity index (χ4n) is 2.50. The SMILES string of the molecule is C=CCc1ccc(-c2ccc(C=CCCCC(C)O)c(F)c2F)nc1. The van der Waals surface area contributed by atoms with Gasteiger partial charge in [0.25, 0.3) is 0 Å². The lowest BCUT2D eigenvalue weighted by molar-refractivity contribution is 0.182. The largest absolute Gasteiger partial charge is 0.393 e. The second-order valence-corrected chi connectivity index (χ2v) is 6.06. The molecule has 1 N–H and O–H groups in total. The Labute approximate surface area is 147 Å². The fourth-order valence-corrected chi connectivity index (χ4v) is 2.50. The van der Waals surface area contributed by atoms with Gasteiger partial charge >= 0.3 is 0 Å². The molecule has 0 saturated carbocycles. The Bertz CT molecular complexity index is 736. The zero-order valence-electron chi connectivity index (χ0n) is 14.4. The van der Waals surface area contributed by atoms with Gasteiger partial charge in [0.2, 0.25) is 0 Å². The monoisotopic (exact) mass is 343 g/mol. The summed E-state index contributed by atoms with van der Waals surface area (Å²) in [5.41, 5.74) is 1.73. The maximum atomic E-state index is 14.4. The van der Waals surface area contributed by atoms with Crippen molar-refractivity contribution in [2.45, 2.75) is 38.7 Å². The molecule has 1 aromatic carbocycles. The number of allylic oxidation sites excluding steroid dienone is 2. The number of rotatable bonds is 8. The molecule has 0 aliphatic carbocycles. The first kappa shape index (κ1) is 19.0. The van der Waals surface area contributed by atoms with Crippen LogP contribution in [-0.4, -0.2) is 16.2 Å². The van der Waals surface area contributed by atoms with Crippen LogP contribution in [0, 0.1) is 11.6 Å². The van der Waals surface area contributed by atoms with Crippen molar-refractivity contribution >= 4 is 6.08 Å². The van der Waals surface area contributed by atoms with Crippen LogP contribution in [0.2, 0.25) is 0 Å². The van der Waals surface area contributed by atoms with E-state index in [1.165, 1.54) is 0 Å². The number of pyridine rings is 1. The van der Waals surface area contributed by atoms with Crippen LogP contribution in [-0.2, 0) is 6.42 Å². The highest BCUT2D eigenvalue weighted by Gasteiger charge is 2.14. The normalized spacial score (nSPS) is 12.5. The van der Waals surface area contributed by atoms with Crippen LogP contribution in [0.5, 0.6) is 0 Å². The van der Waals surface area contributed by atoms with Gasteiger partial charge in [0.05, 0.1) is 11.8 Å². The van der Waals surface area contributed by atoms with Crippen molar-refractivity contribution in [3.63, 3.8) is 0 Å². The minimum absolute atomic E-state index is 0.147. The maximum absolute atomic E-state index is 14.4. The molecule has 0 aliphatic rings. The van der Waals surface area contributed by atoms with Crippen molar-refractivity contribution in [1.29, 1.82) is 0 Å². The number of hydrogen-bond acceptors (Lipinski definition) is 2. The zero-order valence-corrected chi connectivity index (χ0v) is 14.4. The minimum Gasteiger partial charge on any atom is -0.393 e. The molecule has 132 valence electrons. The van der Waals surface area contributed by atoms with Gasteiger partial charge in [-0.15, -0.1) is 6.58 Å². The van der Waals surface area contributed by atoms with Gasteiger partial charge in [0, 0.05) is 17.3 Å². The Morgan fingerprint density at radius 2 is 2.00 bits per heavy atom. The number of aromatic nitrogens is 1. The van der Waals surface area contributed by atoms with Gasteiger partial charge in [-0.25, -0.2) is 8.78 Å². The van der Waals surface area contributed by atoms with Gasteiger partial charge in [0.1, 0.15) is 0 Å². The first-order valence-electron chi connectivity index (χ1n) is 8.41. The molecule has 2 rings (SSSR count). The van der Waals surface area contributed by atoms with Gasteiger partial charge in [-0.2, -0.15) is 0 Å². The summed E-state index contributed by atoms with van der Waals surface area (Å²) in [7, 11) is 0. The number of nitrogens with zero attached hydrogens (tertiary/aromatic N) is 1. The molecule has 1 heterocycles. The van der Waals surface area contributed by atoms with E-state index in [0.717, 1.165) is 12.0 Å². The predicted molar refractivity (Wildman–Crippen MR) is 98.1 cm³/mol. The molecule has 0 radical (unpaired) electrons. The molecule has 1 aromatic heterocycles. The molecule has 25 heavy (non-hydrogen) atoms. The van der Waals surface area contributed by atoms with Crippen molar-refractivity contribution in [3.8, 4) is 11.3 Å². The Morgan fingerprint density at radius 1 is 1.20 bits per heavy atom. The number of benzene rings is 1. The van der Waals surface area contributed by atoms with E-state index in [1.807, 2.05) is 6.07 Å². The first-order valence-corrected chi connectivity index (χ1v) is 8.41. The average molecular weight is 343 g/mol. The molecular formula is C21H23F2NO. The highest BCUT2D eigenvalue weighted by Crippen LogP contribution is 2.26. The van der Waals surface area contributed by atoms with E-state index in [9.17, 15) is 13.9 Å². The summed E-state index contributed by atoms with van der Waals surface area (Å²) in [6.45, 7) is 5.39. The summed E-state index contributed by atoms with van der Waals surface area (Å²) in [4.78, 5) is 4.21. The van der Waals surface area contributed by atoms with E-state index in [-0.39, 0.29) is 17.2 Å². The summed E-state index contributed by atoms with van der Waals surface area (Å²) in [5, 5.41) is 9.19. The van der Waals surface area contributed by atoms with E-state index in [4.69, 9.17) is 0 Å². The number of unbranched alkanes of at least 4 members (excludes halogenated alkanes) is 1. The quantitative estimate of drug-likeness (QED) is 0.520. The Kier molecular flexibility index (Phi) is 7.02. The Balaban J connectivity index is 2.13. The van der Waals surface area contributed by atoms with Crippen LogP contribution in [0.1, 0.15) is 37.3 Å². The molecule has 2 aromatic rings. The summed E-state index contributed by atoms with van der Waals surface area (Å²) in [5.74, 6) is -1.77. The van der Waals surface area contributed by atoms with Crippen LogP contribution >= 0.6 is 0 Å². The van der Waals surface area contributed by atoms with Crippen LogP contribution in [0.15, 0.2) is 49.2 Å². The van der Waals surface area contributed by atoms with E-state index >= 15 is 0 Å². The van der Waals surface area contributed by atoms with Gasteiger partial charge in [-0.1, -0.05) is 30.4 Å². The molecule has 1 unspecified atom stereocenters. The number of aliphatic hydroxyl groups excluding tert-OH is 1. The Morgan fingerprint density at radius 3 is 2.64 bits per heavy atom. The number of aliphatic hydroxyl groups is 1. The van der Waals surface area contributed by atoms with Crippen molar-refractivity contribution in [1.82, 2.24) is 4.98 Å². The smallest absolute Gasteiger partial charge is 0.168 e. The fraction of sp³-hybridized carbons (Fsp3) is 0.286. The highest BCUT2D eigenvalue weighted by atomic mass is 19.2. The van der Waals surface area contributed by atoms with E-state index in [2.05, 4.69) is 11.6 Å². The first-order chi connectivity index (χ1) is 12.0. The van der Waals surface area contributed by atoms with Crippen molar-refractivity contribution in [2.24, 2.45) is 0 Å². The standard InChI is InChI=1S/C21H23F2NO/c1-3-7-16-10-13-19(24-14-16)18-12-11-17(20(22)21(18)23)9-6-4-5-8-15(2)25/h3,6,9-15,25H,1,4-5,7-8H2,2H3. The number of hydrogen-bond donors (Lipinski definition) is 1. The third kappa shape index (κ3) is 5.33. The molecule has 0 fully saturated rings. The lowest BCUT2D eigenvalue weighted by atomic mass is 10.0.